The van der Waals surface area contributed by atoms with Crippen LogP contribution in [0.1, 0.15) is 74.7 Å². The summed E-state index contributed by atoms with van der Waals surface area (Å²) in [5, 5.41) is -1.36. The normalized spacial score (nSPS) is 21.6. The highest BCUT2D eigenvalue weighted by atomic mass is 31.1. The highest BCUT2D eigenvalue weighted by molar-refractivity contribution is 7.32. The molecule has 2 fully saturated rings. The van der Waals surface area contributed by atoms with Gasteiger partial charge in [0.25, 0.3) is 0 Å². The summed E-state index contributed by atoms with van der Waals surface area (Å²) in [7, 11) is -3.11. The molecule has 2 aliphatic rings. The third-order valence-corrected chi connectivity index (χ3v) is 12.4. The monoisotopic (exact) mass is 668 g/mol. The Morgan fingerprint density at radius 2 is 0.939 bits per heavy atom. The van der Waals surface area contributed by atoms with Crippen molar-refractivity contribution in [3.8, 4) is 22.3 Å². The third-order valence-electron chi connectivity index (χ3n) is 11.0. The van der Waals surface area contributed by atoms with Gasteiger partial charge in [-0.1, -0.05) is 114 Å². The van der Waals surface area contributed by atoms with Gasteiger partial charge in [0.2, 0.25) is 0 Å². The minimum Gasteiger partial charge on any atom is -0.347 e. The van der Waals surface area contributed by atoms with E-state index in [0.717, 1.165) is 61.2 Å². The van der Waals surface area contributed by atoms with Crippen molar-refractivity contribution in [1.82, 2.24) is 0 Å². The van der Waals surface area contributed by atoms with Crippen molar-refractivity contribution in [3.05, 3.63) is 153 Å². The van der Waals surface area contributed by atoms with Crippen molar-refractivity contribution >= 4 is 7.68 Å². The number of benzene rings is 5. The molecular weight excluding hydrogens is 623 g/mol. The van der Waals surface area contributed by atoms with Crippen molar-refractivity contribution in [3.63, 3.8) is 0 Å². The van der Waals surface area contributed by atoms with Crippen LogP contribution in [0.4, 0.5) is 0 Å². The zero-order chi connectivity index (χ0) is 34.5. The average molecular weight is 669 g/mol. The van der Waals surface area contributed by atoms with Gasteiger partial charge in [-0.3, -0.25) is 0 Å². The number of ether oxygens (including phenoxy) is 2. The van der Waals surface area contributed by atoms with E-state index in [2.05, 4.69) is 108 Å². The molecule has 49 heavy (non-hydrogen) atoms. The van der Waals surface area contributed by atoms with E-state index in [1.807, 2.05) is 36.4 Å². The first-order valence-corrected chi connectivity index (χ1v) is 18.6. The first-order valence-electron chi connectivity index (χ1n) is 17.4. The van der Waals surface area contributed by atoms with Gasteiger partial charge in [-0.05, 0) is 103 Å². The van der Waals surface area contributed by atoms with Gasteiger partial charge in [-0.15, -0.1) is 0 Å². The molecule has 5 aromatic carbocycles. The molecule has 0 radical (unpaired) electrons. The smallest absolute Gasteiger partial charge is 0.327 e. The molecule has 0 bridgehead atoms. The van der Waals surface area contributed by atoms with Gasteiger partial charge >= 0.3 is 7.68 Å². The zero-order valence-electron chi connectivity index (χ0n) is 29.4. The summed E-state index contributed by atoms with van der Waals surface area (Å²) >= 11 is 0. The zero-order valence-corrected chi connectivity index (χ0v) is 30.3. The quantitative estimate of drug-likeness (QED) is 0.169. The first-order chi connectivity index (χ1) is 23.6. The fraction of sp³-hybridized carbons (Fsp3) is 0.318. The van der Waals surface area contributed by atoms with Crippen LogP contribution in [0.25, 0.3) is 22.3 Å². The summed E-state index contributed by atoms with van der Waals surface area (Å²) in [4.78, 5) is 0. The second kappa shape index (κ2) is 13.0. The summed E-state index contributed by atoms with van der Waals surface area (Å²) < 4.78 is 43.1. The van der Waals surface area contributed by atoms with Crippen LogP contribution in [-0.2, 0) is 23.8 Å². The van der Waals surface area contributed by atoms with Crippen molar-refractivity contribution < 1.29 is 18.6 Å². The Kier molecular flexibility index (Phi) is 8.86. The molecule has 5 aromatic rings. The number of hydrogen-bond donors (Lipinski definition) is 0. The topological polar surface area (TPSA) is 52.6 Å². The largest absolute Gasteiger partial charge is 0.347 e. The van der Waals surface area contributed by atoms with Crippen LogP contribution in [0.5, 0.6) is 0 Å². The molecule has 4 nitrogen and oxygen atoms in total. The minimum atomic E-state index is -3.11. The van der Waals surface area contributed by atoms with Crippen molar-refractivity contribution in [2.24, 2.45) is 0 Å². The van der Waals surface area contributed by atoms with Crippen LogP contribution in [0.15, 0.2) is 103 Å². The molecule has 1 aliphatic heterocycles. The molecule has 2 atom stereocenters. The van der Waals surface area contributed by atoms with Gasteiger partial charge in [0, 0.05) is 24.7 Å². The van der Waals surface area contributed by atoms with E-state index in [9.17, 15) is 0 Å². The highest BCUT2D eigenvalue weighted by Crippen LogP contribution is 2.69. The molecule has 7 rings (SSSR count). The van der Waals surface area contributed by atoms with E-state index in [4.69, 9.17) is 9.47 Å². The summed E-state index contributed by atoms with van der Waals surface area (Å²) in [5.41, 5.74) is 13.8. The lowest BCUT2D eigenvalue weighted by atomic mass is 9.59. The SMILES string of the molecule is Cc1cc(C)c(-c2cccc(-c3c(C)cc(C)cc3C)c2C2(P(=O)=O)C(c3ccccc3)CC3(CC2c2ccccc2)OCCO3)c(C)c1. The molecule has 1 saturated heterocycles. The lowest BCUT2D eigenvalue weighted by molar-refractivity contribution is -0.190. The van der Waals surface area contributed by atoms with E-state index >= 15 is 9.13 Å². The van der Waals surface area contributed by atoms with Gasteiger partial charge in [-0.25, -0.2) is 9.13 Å². The molecule has 1 saturated carbocycles. The number of rotatable bonds is 6. The van der Waals surface area contributed by atoms with Crippen LogP contribution >= 0.6 is 7.68 Å². The van der Waals surface area contributed by atoms with Gasteiger partial charge in [0.05, 0.1) is 13.2 Å². The maximum atomic E-state index is 15.0. The summed E-state index contributed by atoms with van der Waals surface area (Å²) in [6.07, 6.45) is 0.852. The number of aryl methyl sites for hydroxylation is 6. The maximum absolute atomic E-state index is 15.0. The predicted octanol–water partition coefficient (Wildman–Crippen LogP) is 11.3. The Morgan fingerprint density at radius 1 is 0.551 bits per heavy atom. The van der Waals surface area contributed by atoms with Gasteiger partial charge in [0.1, 0.15) is 5.16 Å². The van der Waals surface area contributed by atoms with Crippen LogP contribution in [0, 0.1) is 41.5 Å². The first kappa shape index (κ1) is 33.4. The van der Waals surface area contributed by atoms with E-state index in [-0.39, 0.29) is 0 Å². The molecule has 5 heteroatoms. The van der Waals surface area contributed by atoms with Crippen LogP contribution in [0.2, 0.25) is 0 Å². The molecule has 0 N–H and O–H groups in total. The maximum Gasteiger partial charge on any atom is 0.327 e. The standard InChI is InChI=1S/C44H45O4P/c1-28-22-30(3)40(31(4)23-28)36-18-13-19-37(41-32(5)24-29(2)25-33(41)6)42(36)44(49(45)46)38(34-14-9-7-10-15-34)26-43(47-20-21-48-43)27-39(44)35-16-11-8-12-17-35/h7-19,22-25,38-39H,20-21,26-27H2,1-6H3. The summed E-state index contributed by atoms with van der Waals surface area (Å²) in [5.74, 6) is -1.83. The van der Waals surface area contributed by atoms with Crippen molar-refractivity contribution in [2.45, 2.75) is 77.2 Å². The Hall–Kier alpha value is -4.08. The molecule has 0 aromatic heterocycles. The third kappa shape index (κ3) is 5.65. The molecule has 250 valence electrons. The second-order valence-corrected chi connectivity index (χ2v) is 15.6. The van der Waals surface area contributed by atoms with Crippen molar-refractivity contribution in [1.29, 1.82) is 0 Å². The Labute approximate surface area is 291 Å². The summed E-state index contributed by atoms with van der Waals surface area (Å²) in [6.45, 7) is 13.8. The van der Waals surface area contributed by atoms with Crippen molar-refractivity contribution in [2.75, 3.05) is 13.2 Å². The Bertz CT molecular complexity index is 1910. The second-order valence-electron chi connectivity index (χ2n) is 14.3. The fourth-order valence-corrected chi connectivity index (χ4v) is 10.8. The number of hydrogen-bond acceptors (Lipinski definition) is 4. The highest BCUT2D eigenvalue weighted by Gasteiger charge is 2.63. The van der Waals surface area contributed by atoms with Gasteiger partial charge < -0.3 is 9.47 Å². The minimum absolute atomic E-state index is 0.426. The molecule has 1 aliphatic carbocycles. The average Bonchev–Trinajstić information content (AvgIpc) is 3.52. The lowest BCUT2D eigenvalue weighted by Crippen LogP contribution is -2.50. The predicted molar refractivity (Wildman–Crippen MR) is 198 cm³/mol. The van der Waals surface area contributed by atoms with Crippen LogP contribution in [-0.4, -0.2) is 19.0 Å². The van der Waals surface area contributed by atoms with E-state index in [1.165, 1.54) is 11.1 Å². The van der Waals surface area contributed by atoms with E-state index < -0.39 is 30.5 Å². The summed E-state index contributed by atoms with van der Waals surface area (Å²) in [6, 6.07) is 35.7. The van der Waals surface area contributed by atoms with Gasteiger partial charge in [0.15, 0.2) is 5.79 Å². The van der Waals surface area contributed by atoms with Gasteiger partial charge in [-0.2, -0.15) is 0 Å². The Balaban J connectivity index is 1.70. The van der Waals surface area contributed by atoms with Crippen LogP contribution < -0.4 is 0 Å². The Morgan fingerprint density at radius 3 is 1.31 bits per heavy atom. The van der Waals surface area contributed by atoms with E-state index in [0.29, 0.717) is 26.1 Å². The van der Waals surface area contributed by atoms with E-state index in [1.54, 1.807) is 0 Å². The lowest BCUT2D eigenvalue weighted by Gasteiger charge is -2.52. The molecule has 1 spiro atoms. The molecular formula is C44H45O4P. The fourth-order valence-electron chi connectivity index (χ4n) is 9.41. The molecule has 2 unspecified atom stereocenters. The molecule has 1 heterocycles. The molecule has 0 amide bonds. The van der Waals surface area contributed by atoms with Crippen LogP contribution in [0.3, 0.4) is 0 Å².